The van der Waals surface area contributed by atoms with E-state index in [4.69, 9.17) is 17.3 Å². The number of nitrogens with zero attached hydrogens (tertiary/aromatic N) is 1. The maximum absolute atomic E-state index is 12.0. The number of halogens is 1. The lowest BCUT2D eigenvalue weighted by molar-refractivity contribution is -0.131. The van der Waals surface area contributed by atoms with Crippen molar-refractivity contribution in [1.82, 2.24) is 4.90 Å². The zero-order chi connectivity index (χ0) is 13.1. The number of hydrogen-bond acceptors (Lipinski definition) is 2. The van der Waals surface area contributed by atoms with Crippen molar-refractivity contribution in [3.05, 3.63) is 28.8 Å². The molecule has 0 radical (unpaired) electrons. The summed E-state index contributed by atoms with van der Waals surface area (Å²) < 4.78 is 0. The normalized spacial score (nSPS) is 20.9. The summed E-state index contributed by atoms with van der Waals surface area (Å²) in [6.07, 6.45) is 2.69. The first kappa shape index (κ1) is 13.2. The highest BCUT2D eigenvalue weighted by atomic mass is 35.5. The maximum atomic E-state index is 12.0. The Kier molecular flexibility index (Phi) is 4.12. The molecule has 0 saturated carbocycles. The third kappa shape index (κ3) is 3.16. The summed E-state index contributed by atoms with van der Waals surface area (Å²) >= 11 is 5.97. The second kappa shape index (κ2) is 5.61. The number of anilines is 1. The third-order valence-electron chi connectivity index (χ3n) is 3.56. The van der Waals surface area contributed by atoms with Crippen LogP contribution in [0.1, 0.15) is 31.7 Å². The van der Waals surface area contributed by atoms with Crippen molar-refractivity contribution in [3.8, 4) is 0 Å². The Labute approximate surface area is 113 Å². The molecule has 3 nitrogen and oxygen atoms in total. The first-order chi connectivity index (χ1) is 8.56. The van der Waals surface area contributed by atoms with E-state index >= 15 is 0 Å². The largest absolute Gasteiger partial charge is 0.398 e. The monoisotopic (exact) mass is 266 g/mol. The molecule has 1 fully saturated rings. The number of nitrogens with two attached hydrogens (primary N) is 1. The Morgan fingerprint density at radius 3 is 3.00 bits per heavy atom. The standard InChI is InChI=1S/C14H19ClN2O/c1-10-2-5-14(18)17(7-6-10)9-11-8-12(15)3-4-13(11)16/h3-4,8,10H,2,5-7,9,16H2,1H3. The number of carbonyl (C=O) groups excluding carboxylic acids is 1. The minimum absolute atomic E-state index is 0.221. The van der Waals surface area contributed by atoms with Gasteiger partial charge in [0.15, 0.2) is 0 Å². The van der Waals surface area contributed by atoms with Gasteiger partial charge in [-0.1, -0.05) is 18.5 Å². The van der Waals surface area contributed by atoms with E-state index < -0.39 is 0 Å². The van der Waals surface area contributed by atoms with Crippen molar-refractivity contribution in [2.75, 3.05) is 12.3 Å². The molecular formula is C14H19ClN2O. The Balaban J connectivity index is 2.12. The van der Waals surface area contributed by atoms with E-state index in [9.17, 15) is 4.79 Å². The van der Waals surface area contributed by atoms with Crippen LogP contribution in [0.2, 0.25) is 5.02 Å². The van der Waals surface area contributed by atoms with E-state index in [0.717, 1.165) is 24.9 Å². The minimum Gasteiger partial charge on any atom is -0.398 e. The van der Waals surface area contributed by atoms with Gasteiger partial charge >= 0.3 is 0 Å². The van der Waals surface area contributed by atoms with Crippen LogP contribution in [0.5, 0.6) is 0 Å². The van der Waals surface area contributed by atoms with Crippen molar-refractivity contribution in [3.63, 3.8) is 0 Å². The predicted molar refractivity (Wildman–Crippen MR) is 74.3 cm³/mol. The molecule has 0 bridgehead atoms. The van der Waals surface area contributed by atoms with Gasteiger partial charge in [0.2, 0.25) is 5.91 Å². The Morgan fingerprint density at radius 1 is 1.44 bits per heavy atom. The van der Waals surface area contributed by atoms with Gasteiger partial charge in [-0.3, -0.25) is 4.79 Å². The molecule has 0 aromatic heterocycles. The highest BCUT2D eigenvalue weighted by Gasteiger charge is 2.20. The van der Waals surface area contributed by atoms with Crippen molar-refractivity contribution in [2.45, 2.75) is 32.7 Å². The molecule has 1 aliphatic heterocycles. The van der Waals surface area contributed by atoms with Crippen molar-refractivity contribution >= 4 is 23.2 Å². The summed E-state index contributed by atoms with van der Waals surface area (Å²) in [5, 5.41) is 0.662. The molecule has 98 valence electrons. The zero-order valence-corrected chi connectivity index (χ0v) is 11.4. The number of amides is 1. The average molecular weight is 267 g/mol. The second-order valence-electron chi connectivity index (χ2n) is 5.09. The minimum atomic E-state index is 0.221. The molecule has 1 atom stereocenters. The van der Waals surface area contributed by atoms with Gasteiger partial charge in [-0.05, 0) is 42.5 Å². The summed E-state index contributed by atoms with van der Waals surface area (Å²) in [6.45, 7) is 3.58. The number of likely N-dealkylation sites (tertiary alicyclic amines) is 1. The summed E-state index contributed by atoms with van der Waals surface area (Å²) in [6, 6.07) is 5.41. The molecule has 1 amide bonds. The fraction of sp³-hybridized carbons (Fsp3) is 0.500. The summed E-state index contributed by atoms with van der Waals surface area (Å²) in [7, 11) is 0. The molecule has 2 rings (SSSR count). The molecular weight excluding hydrogens is 248 g/mol. The third-order valence-corrected chi connectivity index (χ3v) is 3.80. The SMILES string of the molecule is CC1CCC(=O)N(Cc2cc(Cl)ccc2N)CC1. The number of hydrogen-bond donors (Lipinski definition) is 1. The first-order valence-corrected chi connectivity index (χ1v) is 6.75. The number of rotatable bonds is 2. The number of nitrogen functional groups attached to an aromatic ring is 1. The molecule has 1 aromatic rings. The molecule has 4 heteroatoms. The van der Waals surface area contributed by atoms with Crippen LogP contribution < -0.4 is 5.73 Å². The van der Waals surface area contributed by atoms with Crippen LogP contribution in [0.25, 0.3) is 0 Å². The van der Waals surface area contributed by atoms with Crippen molar-refractivity contribution < 1.29 is 4.79 Å². The quantitative estimate of drug-likeness (QED) is 0.837. The number of benzene rings is 1. The lowest BCUT2D eigenvalue weighted by atomic mass is 10.0. The van der Waals surface area contributed by atoms with Crippen LogP contribution in [0.3, 0.4) is 0 Å². The van der Waals surface area contributed by atoms with Crippen LogP contribution in [0, 0.1) is 5.92 Å². The van der Waals surface area contributed by atoms with Crippen LogP contribution >= 0.6 is 11.6 Å². The summed E-state index contributed by atoms with van der Waals surface area (Å²) in [5.74, 6) is 0.842. The van der Waals surface area contributed by atoms with Gasteiger partial charge in [0.05, 0.1) is 0 Å². The number of carbonyl (C=O) groups is 1. The molecule has 1 heterocycles. The predicted octanol–water partition coefficient (Wildman–Crippen LogP) is 3.07. The molecule has 0 spiro atoms. The Hall–Kier alpha value is -1.22. The molecule has 2 N–H and O–H groups in total. The van der Waals surface area contributed by atoms with Crippen molar-refractivity contribution in [2.24, 2.45) is 5.92 Å². The average Bonchev–Trinajstić information content (AvgIpc) is 2.49. The highest BCUT2D eigenvalue weighted by Crippen LogP contribution is 2.23. The molecule has 18 heavy (non-hydrogen) atoms. The lowest BCUT2D eigenvalue weighted by Gasteiger charge is -2.21. The highest BCUT2D eigenvalue weighted by molar-refractivity contribution is 6.30. The zero-order valence-electron chi connectivity index (χ0n) is 10.7. The van der Waals surface area contributed by atoms with E-state index in [2.05, 4.69) is 6.92 Å². The van der Waals surface area contributed by atoms with E-state index in [1.165, 1.54) is 0 Å². The van der Waals surface area contributed by atoms with E-state index in [-0.39, 0.29) is 5.91 Å². The maximum Gasteiger partial charge on any atom is 0.222 e. The molecule has 1 aromatic carbocycles. The Bertz CT molecular complexity index is 447. The van der Waals surface area contributed by atoms with Gasteiger partial charge in [-0.25, -0.2) is 0 Å². The van der Waals surface area contributed by atoms with E-state index in [1.807, 2.05) is 11.0 Å². The van der Waals surface area contributed by atoms with Crippen LogP contribution in [-0.4, -0.2) is 17.4 Å². The van der Waals surface area contributed by atoms with Crippen LogP contribution in [-0.2, 0) is 11.3 Å². The van der Waals surface area contributed by atoms with Crippen molar-refractivity contribution in [1.29, 1.82) is 0 Å². The van der Waals surface area contributed by atoms with Gasteiger partial charge in [0.25, 0.3) is 0 Å². The smallest absolute Gasteiger partial charge is 0.222 e. The fourth-order valence-corrected chi connectivity index (χ4v) is 2.45. The van der Waals surface area contributed by atoms with Gasteiger partial charge in [0, 0.05) is 30.2 Å². The van der Waals surface area contributed by atoms with E-state index in [0.29, 0.717) is 29.6 Å². The Morgan fingerprint density at radius 2 is 2.22 bits per heavy atom. The first-order valence-electron chi connectivity index (χ1n) is 6.38. The van der Waals surface area contributed by atoms with Crippen LogP contribution in [0.15, 0.2) is 18.2 Å². The second-order valence-corrected chi connectivity index (χ2v) is 5.53. The topological polar surface area (TPSA) is 46.3 Å². The van der Waals surface area contributed by atoms with Gasteiger partial charge in [-0.15, -0.1) is 0 Å². The lowest BCUT2D eigenvalue weighted by Crippen LogP contribution is -2.30. The molecule has 1 unspecified atom stereocenters. The molecule has 0 aliphatic carbocycles. The summed E-state index contributed by atoms with van der Waals surface area (Å²) in [4.78, 5) is 13.9. The van der Waals surface area contributed by atoms with Crippen LogP contribution in [0.4, 0.5) is 5.69 Å². The molecule has 1 aliphatic rings. The van der Waals surface area contributed by atoms with Gasteiger partial charge in [-0.2, -0.15) is 0 Å². The summed E-state index contributed by atoms with van der Waals surface area (Å²) in [5.41, 5.74) is 7.56. The van der Waals surface area contributed by atoms with Gasteiger partial charge in [0.1, 0.15) is 0 Å². The molecule has 1 saturated heterocycles. The fourth-order valence-electron chi connectivity index (χ4n) is 2.26. The van der Waals surface area contributed by atoms with E-state index in [1.54, 1.807) is 12.1 Å². The van der Waals surface area contributed by atoms with Gasteiger partial charge < -0.3 is 10.6 Å².